The number of fused-ring (bicyclic) bond motifs is 1. The first-order valence-electron chi connectivity index (χ1n) is 15.8. The summed E-state index contributed by atoms with van der Waals surface area (Å²) >= 11 is 1.10. The monoisotopic (exact) mass is 707 g/mol. The number of anilines is 3. The van der Waals surface area contributed by atoms with Gasteiger partial charge in [0.15, 0.2) is 5.75 Å². The minimum atomic E-state index is -4.49. The van der Waals surface area contributed by atoms with Crippen molar-refractivity contribution in [3.63, 3.8) is 0 Å². The Morgan fingerprint density at radius 2 is 2.00 bits per heavy atom. The molecule has 3 heterocycles. The Morgan fingerprint density at radius 1 is 1.20 bits per heavy atom. The van der Waals surface area contributed by atoms with Gasteiger partial charge in [-0.05, 0) is 23.4 Å². The van der Waals surface area contributed by atoms with Crippen LogP contribution in [0.25, 0.3) is 14.9 Å². The molecule has 0 bridgehead atoms. The van der Waals surface area contributed by atoms with Gasteiger partial charge in [-0.15, -0.1) is 11.3 Å². The van der Waals surface area contributed by atoms with Crippen molar-refractivity contribution in [3.05, 3.63) is 58.0 Å². The summed E-state index contributed by atoms with van der Waals surface area (Å²) < 4.78 is 88.1. The van der Waals surface area contributed by atoms with E-state index in [1.165, 1.54) is 19.2 Å². The third-order valence-corrected chi connectivity index (χ3v) is 9.44. The van der Waals surface area contributed by atoms with Crippen LogP contribution >= 0.6 is 11.3 Å². The average Bonchev–Trinajstić information content (AvgIpc) is 3.40. The first-order chi connectivity index (χ1) is 23.6. The van der Waals surface area contributed by atoms with Crippen molar-refractivity contribution < 1.29 is 41.3 Å². The summed E-state index contributed by atoms with van der Waals surface area (Å²) in [5.41, 5.74) is 1.13. The minimum Gasteiger partial charge on any atom is -0.424 e. The Hall–Kier alpha value is -3.86. The summed E-state index contributed by atoms with van der Waals surface area (Å²) in [7, 11) is 1.48. The van der Waals surface area contributed by atoms with Crippen LogP contribution in [0, 0.1) is 24.2 Å². The van der Waals surface area contributed by atoms with Gasteiger partial charge in [0, 0.05) is 52.0 Å². The zero-order valence-corrected chi connectivity index (χ0v) is 27.7. The summed E-state index contributed by atoms with van der Waals surface area (Å²) in [6.07, 6.45) is -7.25. The lowest BCUT2D eigenvalue weighted by Gasteiger charge is -2.36. The highest BCUT2D eigenvalue weighted by atomic mass is 32.1. The summed E-state index contributed by atoms with van der Waals surface area (Å²) in [5.74, 6) is 5.47. The van der Waals surface area contributed by atoms with Crippen molar-refractivity contribution in [1.29, 1.82) is 0 Å². The molecule has 264 valence electrons. The number of aliphatic hydroxyl groups is 1. The van der Waals surface area contributed by atoms with E-state index in [0.717, 1.165) is 11.3 Å². The smallest absolute Gasteiger partial charge is 0.393 e. The normalized spacial score (nSPS) is 19.2. The Bertz CT molecular complexity index is 1680. The fourth-order valence-electron chi connectivity index (χ4n) is 6.01. The molecule has 0 aliphatic carbocycles. The van der Waals surface area contributed by atoms with Crippen LogP contribution in [-0.2, 0) is 15.9 Å². The van der Waals surface area contributed by atoms with E-state index in [0.29, 0.717) is 60.7 Å². The van der Waals surface area contributed by atoms with Crippen LogP contribution in [0.1, 0.15) is 16.9 Å². The van der Waals surface area contributed by atoms with Gasteiger partial charge in [-0.1, -0.05) is 24.0 Å². The number of nitrogens with one attached hydrogen (secondary N) is 2. The zero-order chi connectivity index (χ0) is 35.0. The van der Waals surface area contributed by atoms with Crippen molar-refractivity contribution >= 4 is 38.5 Å². The quantitative estimate of drug-likeness (QED) is 0.129. The first kappa shape index (κ1) is 36.4. The van der Waals surface area contributed by atoms with Crippen LogP contribution in [0.3, 0.4) is 0 Å². The molecule has 3 aromatic rings. The van der Waals surface area contributed by atoms with E-state index in [1.807, 2.05) is 9.80 Å². The van der Waals surface area contributed by atoms with Crippen molar-refractivity contribution in [2.75, 3.05) is 88.5 Å². The number of ether oxygens (including phenoxy) is 3. The highest BCUT2D eigenvalue weighted by Crippen LogP contribution is 2.40. The van der Waals surface area contributed by atoms with Crippen molar-refractivity contribution in [3.8, 4) is 17.6 Å². The molecule has 0 amide bonds. The van der Waals surface area contributed by atoms with E-state index in [4.69, 9.17) is 20.8 Å². The summed E-state index contributed by atoms with van der Waals surface area (Å²) in [6, 6.07) is 7.16. The molecule has 49 heavy (non-hydrogen) atoms. The SMILES string of the molecule is [C-]#[N+]COc1cc(N2CCOCC2)c(F)cc1NCC#Cc1sc2c(NC3CCN(CC(O)COC)CC3F)cccc2c1CC(F)(F)F. The predicted octanol–water partition coefficient (Wildman–Crippen LogP) is 5.53. The molecule has 2 saturated heterocycles. The van der Waals surface area contributed by atoms with Crippen LogP contribution in [0.2, 0.25) is 0 Å². The molecule has 3 N–H and O–H groups in total. The van der Waals surface area contributed by atoms with E-state index >= 15 is 8.78 Å². The third kappa shape index (κ3) is 9.65. The number of methoxy groups -OCH3 is 1. The molecular weight excluding hydrogens is 669 g/mol. The number of alkyl halides is 4. The molecule has 2 aliphatic heterocycles. The molecule has 5 rings (SSSR count). The number of benzene rings is 2. The highest BCUT2D eigenvalue weighted by molar-refractivity contribution is 7.20. The fourth-order valence-corrected chi connectivity index (χ4v) is 7.18. The van der Waals surface area contributed by atoms with Crippen molar-refractivity contribution in [1.82, 2.24) is 4.90 Å². The molecule has 15 heteroatoms. The molecular formula is C34H38F5N5O4S. The number of thiophene rings is 1. The number of hydrogen-bond acceptors (Lipinski definition) is 9. The summed E-state index contributed by atoms with van der Waals surface area (Å²) in [4.78, 5) is 7.09. The fraction of sp³-hybridized carbons (Fsp3) is 0.500. The maximum absolute atomic E-state index is 15.3. The van der Waals surface area contributed by atoms with Crippen molar-refractivity contribution in [2.24, 2.45) is 0 Å². The molecule has 0 saturated carbocycles. The zero-order valence-electron chi connectivity index (χ0n) is 26.9. The molecule has 2 aliphatic rings. The highest BCUT2D eigenvalue weighted by Gasteiger charge is 2.33. The number of morpholine rings is 1. The van der Waals surface area contributed by atoms with Gasteiger partial charge >= 0.3 is 12.9 Å². The number of β-amino-alcohol motifs (C(OH)–C–C–N with tert-alkyl or cyclic N) is 1. The van der Waals surface area contributed by atoms with Gasteiger partial charge in [-0.3, -0.25) is 9.74 Å². The Kier molecular flexibility index (Phi) is 12.4. The number of hydrogen-bond donors (Lipinski definition) is 3. The van der Waals surface area contributed by atoms with Gasteiger partial charge in [0.2, 0.25) is 0 Å². The van der Waals surface area contributed by atoms with Crippen molar-refractivity contribution in [2.45, 2.75) is 37.3 Å². The minimum absolute atomic E-state index is 0.0318. The van der Waals surface area contributed by atoms with E-state index in [2.05, 4.69) is 27.3 Å². The van der Waals surface area contributed by atoms with E-state index < -0.39 is 36.7 Å². The predicted molar refractivity (Wildman–Crippen MR) is 180 cm³/mol. The van der Waals surface area contributed by atoms with Gasteiger partial charge in [0.1, 0.15) is 12.0 Å². The first-order valence-corrected chi connectivity index (χ1v) is 16.6. The topological polar surface area (TPSA) is 82.8 Å². The maximum atomic E-state index is 15.3. The van der Waals surface area contributed by atoms with Crippen LogP contribution in [-0.4, -0.2) is 107 Å². The molecule has 0 radical (unpaired) electrons. The second-order valence-electron chi connectivity index (χ2n) is 11.8. The lowest BCUT2D eigenvalue weighted by Crippen LogP contribution is -2.50. The Balaban J connectivity index is 1.34. The Morgan fingerprint density at radius 3 is 2.71 bits per heavy atom. The molecule has 1 aromatic heterocycles. The lowest BCUT2D eigenvalue weighted by molar-refractivity contribution is -0.126. The van der Waals surface area contributed by atoms with Crippen LogP contribution < -0.4 is 20.3 Å². The standard InChI is InChI=1S/C34H38F5N5O4S/c1-40-21-48-31-16-30(44-11-13-47-14-12-44)25(35)15-29(31)41-9-4-7-32-24(17-34(37,38)39)23-5-3-6-28(33(23)49-32)42-27-8-10-43(19-26(27)36)18-22(45)20-46-2/h3,5-6,15-16,22,26-27,41-42,45H,8-14,17-21H2,2H3. The van der Waals surface area contributed by atoms with E-state index in [9.17, 15) is 18.3 Å². The van der Waals surface area contributed by atoms with Crippen LogP contribution in [0.5, 0.6) is 5.75 Å². The van der Waals surface area contributed by atoms with Gasteiger partial charge in [-0.25, -0.2) is 15.4 Å². The summed E-state index contributed by atoms with van der Waals surface area (Å²) in [5, 5.41) is 16.6. The molecule has 2 fully saturated rings. The van der Waals surface area contributed by atoms with E-state index in [-0.39, 0.29) is 54.8 Å². The molecule has 3 atom stereocenters. The molecule has 9 nitrogen and oxygen atoms in total. The lowest BCUT2D eigenvalue weighted by atomic mass is 10.0. The third-order valence-electron chi connectivity index (χ3n) is 8.24. The average molecular weight is 708 g/mol. The number of rotatable bonds is 12. The van der Waals surface area contributed by atoms with Crippen LogP contribution in [0.4, 0.5) is 39.0 Å². The molecule has 2 aromatic carbocycles. The maximum Gasteiger partial charge on any atom is 0.393 e. The number of aliphatic hydroxyl groups excluding tert-OH is 1. The van der Waals surface area contributed by atoms with Gasteiger partial charge in [0.25, 0.3) is 0 Å². The van der Waals surface area contributed by atoms with Crippen LogP contribution in [0.15, 0.2) is 30.3 Å². The largest absolute Gasteiger partial charge is 0.424 e. The van der Waals surface area contributed by atoms with Gasteiger partial charge in [0.05, 0.1) is 71.6 Å². The number of halogens is 5. The molecule has 0 spiro atoms. The van der Waals surface area contributed by atoms with Gasteiger partial charge in [-0.2, -0.15) is 13.2 Å². The summed E-state index contributed by atoms with van der Waals surface area (Å²) in [6.45, 7) is 9.73. The number of likely N-dealkylation sites (tertiary alicyclic amines) is 1. The second-order valence-corrected chi connectivity index (χ2v) is 12.8. The second kappa shape index (κ2) is 16.7. The number of piperidine rings is 1. The Labute approximate surface area is 285 Å². The van der Waals surface area contributed by atoms with E-state index in [1.54, 1.807) is 18.2 Å². The number of nitrogens with zero attached hydrogens (tertiary/aromatic N) is 3. The van der Waals surface area contributed by atoms with Gasteiger partial charge < -0.3 is 34.9 Å². The molecule has 3 unspecified atom stereocenters.